The standard InChI is InChI=1S/C22H26FN3O2/c23-18-7-5-17(6-8-18)21(27)15-16-9-11-25(12-10-16)13-14-26-20-4-2-1-3-19(20)24-22(26)28/h1-8,16,21,27H,9-15H2,(H,24,28). The van der Waals surface area contributed by atoms with Gasteiger partial charge < -0.3 is 15.0 Å². The van der Waals surface area contributed by atoms with E-state index < -0.39 is 6.10 Å². The van der Waals surface area contributed by atoms with Crippen LogP contribution in [0.25, 0.3) is 11.0 Å². The molecule has 0 radical (unpaired) electrons. The molecule has 0 saturated carbocycles. The van der Waals surface area contributed by atoms with E-state index in [1.54, 1.807) is 16.7 Å². The Hall–Kier alpha value is -2.44. The van der Waals surface area contributed by atoms with Crippen molar-refractivity contribution < 1.29 is 9.50 Å². The number of aliphatic hydroxyl groups excluding tert-OH is 1. The highest BCUT2D eigenvalue weighted by Gasteiger charge is 2.22. The van der Waals surface area contributed by atoms with E-state index in [1.807, 2.05) is 24.3 Å². The van der Waals surface area contributed by atoms with E-state index in [2.05, 4.69) is 9.88 Å². The molecule has 1 saturated heterocycles. The number of aromatic amines is 1. The van der Waals surface area contributed by atoms with Crippen LogP contribution in [0, 0.1) is 11.7 Å². The molecule has 4 rings (SSSR count). The smallest absolute Gasteiger partial charge is 0.326 e. The van der Waals surface area contributed by atoms with Crippen molar-refractivity contribution in [3.05, 3.63) is 70.4 Å². The van der Waals surface area contributed by atoms with Gasteiger partial charge >= 0.3 is 5.69 Å². The number of nitrogens with one attached hydrogen (secondary N) is 1. The molecule has 0 amide bonds. The van der Waals surface area contributed by atoms with Crippen molar-refractivity contribution in [2.75, 3.05) is 19.6 Å². The van der Waals surface area contributed by atoms with Gasteiger partial charge in [-0.3, -0.25) is 4.57 Å². The first-order chi connectivity index (χ1) is 13.6. The molecule has 0 bridgehead atoms. The van der Waals surface area contributed by atoms with Crippen LogP contribution < -0.4 is 5.69 Å². The summed E-state index contributed by atoms with van der Waals surface area (Å²) >= 11 is 0. The molecule has 5 nitrogen and oxygen atoms in total. The van der Waals surface area contributed by atoms with Gasteiger partial charge in [0, 0.05) is 13.1 Å². The Labute approximate surface area is 163 Å². The maximum atomic E-state index is 13.0. The number of rotatable bonds is 6. The number of hydrogen-bond donors (Lipinski definition) is 2. The molecule has 0 aliphatic carbocycles. The number of para-hydroxylation sites is 2. The fraction of sp³-hybridized carbons (Fsp3) is 0.409. The van der Waals surface area contributed by atoms with Gasteiger partial charge in [-0.05, 0) is 68.1 Å². The van der Waals surface area contributed by atoms with E-state index in [-0.39, 0.29) is 11.5 Å². The highest BCUT2D eigenvalue weighted by Crippen LogP contribution is 2.28. The molecule has 1 aliphatic rings. The lowest BCUT2D eigenvalue weighted by Crippen LogP contribution is -2.37. The van der Waals surface area contributed by atoms with Gasteiger partial charge in [0.05, 0.1) is 17.1 Å². The van der Waals surface area contributed by atoms with Crippen LogP contribution >= 0.6 is 0 Å². The molecule has 2 heterocycles. The molecule has 3 aromatic rings. The zero-order valence-corrected chi connectivity index (χ0v) is 15.9. The number of nitrogens with zero attached hydrogens (tertiary/aromatic N) is 2. The first kappa shape index (κ1) is 18.9. The van der Waals surface area contributed by atoms with Gasteiger partial charge in [0.1, 0.15) is 5.82 Å². The Kier molecular flexibility index (Phi) is 5.59. The van der Waals surface area contributed by atoms with E-state index in [9.17, 15) is 14.3 Å². The highest BCUT2D eigenvalue weighted by molar-refractivity contribution is 5.74. The number of likely N-dealkylation sites (tertiary alicyclic amines) is 1. The lowest BCUT2D eigenvalue weighted by Gasteiger charge is -2.33. The molecule has 2 N–H and O–H groups in total. The normalized spacial score (nSPS) is 17.2. The second-order valence-corrected chi connectivity index (χ2v) is 7.69. The summed E-state index contributed by atoms with van der Waals surface area (Å²) in [7, 11) is 0. The molecule has 1 aliphatic heterocycles. The first-order valence-electron chi connectivity index (χ1n) is 9.93. The van der Waals surface area contributed by atoms with E-state index in [1.165, 1.54) is 12.1 Å². The fourth-order valence-electron chi connectivity index (χ4n) is 4.15. The molecular weight excluding hydrogens is 357 g/mol. The van der Waals surface area contributed by atoms with E-state index in [4.69, 9.17) is 0 Å². The van der Waals surface area contributed by atoms with Crippen LogP contribution in [0.4, 0.5) is 4.39 Å². The Balaban J connectivity index is 1.28. The topological polar surface area (TPSA) is 61.3 Å². The third-order valence-corrected chi connectivity index (χ3v) is 5.84. The van der Waals surface area contributed by atoms with Crippen molar-refractivity contribution >= 4 is 11.0 Å². The summed E-state index contributed by atoms with van der Waals surface area (Å²) in [6, 6.07) is 13.9. The molecule has 1 fully saturated rings. The highest BCUT2D eigenvalue weighted by atomic mass is 19.1. The van der Waals surface area contributed by atoms with Crippen LogP contribution in [0.3, 0.4) is 0 Å². The fourth-order valence-corrected chi connectivity index (χ4v) is 4.15. The van der Waals surface area contributed by atoms with Crippen LogP contribution in [0.15, 0.2) is 53.3 Å². The first-order valence-corrected chi connectivity index (χ1v) is 9.93. The van der Waals surface area contributed by atoms with Crippen molar-refractivity contribution in [1.82, 2.24) is 14.5 Å². The lowest BCUT2D eigenvalue weighted by atomic mass is 9.89. The molecule has 1 atom stereocenters. The summed E-state index contributed by atoms with van der Waals surface area (Å²) in [6.07, 6.45) is 2.23. The Morgan fingerprint density at radius 3 is 2.54 bits per heavy atom. The van der Waals surface area contributed by atoms with Crippen LogP contribution in [-0.2, 0) is 6.54 Å². The third-order valence-electron chi connectivity index (χ3n) is 5.84. The van der Waals surface area contributed by atoms with Crippen molar-refractivity contribution in [3.8, 4) is 0 Å². The van der Waals surface area contributed by atoms with Gasteiger partial charge in [-0.2, -0.15) is 0 Å². The Morgan fingerprint density at radius 2 is 1.79 bits per heavy atom. The van der Waals surface area contributed by atoms with E-state index in [0.29, 0.717) is 18.9 Å². The number of aromatic nitrogens is 2. The predicted octanol–water partition coefficient (Wildman–Crippen LogP) is 3.30. The molecule has 1 aromatic heterocycles. The van der Waals surface area contributed by atoms with Gasteiger partial charge in [-0.25, -0.2) is 9.18 Å². The molecular formula is C22H26FN3O2. The zero-order chi connectivity index (χ0) is 19.5. The minimum Gasteiger partial charge on any atom is -0.388 e. The van der Waals surface area contributed by atoms with Gasteiger partial charge in [-0.1, -0.05) is 24.3 Å². The third kappa shape index (κ3) is 4.18. The van der Waals surface area contributed by atoms with Crippen LogP contribution in [0.5, 0.6) is 0 Å². The summed E-state index contributed by atoms with van der Waals surface area (Å²) in [6.45, 7) is 3.45. The monoisotopic (exact) mass is 383 g/mol. The summed E-state index contributed by atoms with van der Waals surface area (Å²) in [5.74, 6) is 0.186. The number of halogens is 1. The molecule has 2 aromatic carbocycles. The van der Waals surface area contributed by atoms with Crippen LogP contribution in [-0.4, -0.2) is 39.2 Å². The average Bonchev–Trinajstić information content (AvgIpc) is 3.03. The summed E-state index contributed by atoms with van der Waals surface area (Å²) < 4.78 is 14.8. The maximum absolute atomic E-state index is 13.0. The van der Waals surface area contributed by atoms with E-state index >= 15 is 0 Å². The molecule has 1 unspecified atom stereocenters. The number of H-pyrrole nitrogens is 1. The number of hydrogen-bond acceptors (Lipinski definition) is 3. The van der Waals surface area contributed by atoms with Crippen LogP contribution in [0.1, 0.15) is 30.9 Å². The zero-order valence-electron chi connectivity index (χ0n) is 15.9. The van der Waals surface area contributed by atoms with E-state index in [0.717, 1.165) is 49.1 Å². The predicted molar refractivity (Wildman–Crippen MR) is 108 cm³/mol. The average molecular weight is 383 g/mol. The number of benzene rings is 2. The van der Waals surface area contributed by atoms with Gasteiger partial charge in [0.15, 0.2) is 0 Å². The van der Waals surface area contributed by atoms with Gasteiger partial charge in [-0.15, -0.1) is 0 Å². The van der Waals surface area contributed by atoms with Crippen molar-refractivity contribution in [1.29, 1.82) is 0 Å². The summed E-state index contributed by atoms with van der Waals surface area (Å²) in [5, 5.41) is 10.4. The maximum Gasteiger partial charge on any atom is 0.326 e. The number of aliphatic hydroxyl groups is 1. The minimum atomic E-state index is -0.540. The SMILES string of the molecule is O=c1[nH]c2ccccc2n1CCN1CCC(CC(O)c2ccc(F)cc2)CC1. The van der Waals surface area contributed by atoms with Gasteiger partial charge in [0.25, 0.3) is 0 Å². The Bertz CT molecular complexity index is 971. The van der Waals surface area contributed by atoms with Gasteiger partial charge in [0.2, 0.25) is 0 Å². The Morgan fingerprint density at radius 1 is 1.07 bits per heavy atom. The van der Waals surface area contributed by atoms with Crippen molar-refractivity contribution in [2.45, 2.75) is 31.9 Å². The summed E-state index contributed by atoms with van der Waals surface area (Å²) in [5.41, 5.74) is 2.55. The lowest BCUT2D eigenvalue weighted by molar-refractivity contribution is 0.107. The van der Waals surface area contributed by atoms with Crippen molar-refractivity contribution in [3.63, 3.8) is 0 Å². The second-order valence-electron chi connectivity index (χ2n) is 7.69. The largest absolute Gasteiger partial charge is 0.388 e. The van der Waals surface area contributed by atoms with Crippen molar-refractivity contribution in [2.24, 2.45) is 5.92 Å². The number of fused-ring (bicyclic) bond motifs is 1. The number of imidazole rings is 1. The molecule has 0 spiro atoms. The number of piperidine rings is 1. The minimum absolute atomic E-state index is 0.0569. The molecule has 6 heteroatoms. The summed E-state index contributed by atoms with van der Waals surface area (Å²) in [4.78, 5) is 17.5. The van der Waals surface area contributed by atoms with Crippen LogP contribution in [0.2, 0.25) is 0 Å². The second kappa shape index (κ2) is 8.29. The molecule has 148 valence electrons. The molecule has 28 heavy (non-hydrogen) atoms. The quantitative estimate of drug-likeness (QED) is 0.687.